The van der Waals surface area contributed by atoms with Crippen LogP contribution in [0.1, 0.15) is 50.7 Å². The van der Waals surface area contributed by atoms with Gasteiger partial charge < -0.3 is 9.84 Å². The Labute approximate surface area is 109 Å². The van der Waals surface area contributed by atoms with E-state index in [0.717, 1.165) is 29.7 Å². The first-order chi connectivity index (χ1) is 8.54. The van der Waals surface area contributed by atoms with E-state index in [0.29, 0.717) is 11.5 Å². The number of rotatable bonds is 3. The van der Waals surface area contributed by atoms with Crippen LogP contribution in [0.2, 0.25) is 0 Å². The molecule has 1 aliphatic heterocycles. The Bertz CT molecular complexity index is 510. The number of allylic oxidation sites excluding steroid dienone is 2. The van der Waals surface area contributed by atoms with Gasteiger partial charge in [-0.15, -0.1) is 0 Å². The van der Waals surface area contributed by atoms with E-state index >= 15 is 0 Å². The van der Waals surface area contributed by atoms with Crippen molar-refractivity contribution < 1.29 is 9.84 Å². The predicted molar refractivity (Wildman–Crippen MR) is 74.8 cm³/mol. The maximum atomic E-state index is 10.0. The molecule has 0 amide bonds. The van der Waals surface area contributed by atoms with Crippen molar-refractivity contribution >= 4 is 5.57 Å². The van der Waals surface area contributed by atoms with Gasteiger partial charge in [-0.1, -0.05) is 33.8 Å². The van der Waals surface area contributed by atoms with Gasteiger partial charge in [0.1, 0.15) is 17.3 Å². The van der Waals surface area contributed by atoms with Gasteiger partial charge in [0.15, 0.2) is 0 Å². The van der Waals surface area contributed by atoms with Crippen molar-refractivity contribution in [1.82, 2.24) is 0 Å². The molecule has 2 rings (SSSR count). The number of phenolic OH excluding ortho intramolecular Hbond substituents is 1. The molecule has 0 radical (unpaired) electrons. The van der Waals surface area contributed by atoms with Crippen LogP contribution in [0.25, 0.3) is 5.57 Å². The molecule has 0 unspecified atom stereocenters. The van der Waals surface area contributed by atoms with Crippen LogP contribution in [-0.2, 0) is 0 Å². The number of aromatic hydroxyl groups is 1. The maximum Gasteiger partial charge on any atom is 0.142 e. The van der Waals surface area contributed by atoms with Gasteiger partial charge in [0.25, 0.3) is 0 Å². The van der Waals surface area contributed by atoms with E-state index < -0.39 is 0 Å². The average molecular weight is 244 g/mol. The molecule has 0 spiro atoms. The summed E-state index contributed by atoms with van der Waals surface area (Å²) in [5.41, 5.74) is 3.20. The molecule has 1 aliphatic rings. The molecular weight excluding hydrogens is 224 g/mol. The van der Waals surface area contributed by atoms with E-state index in [2.05, 4.69) is 27.4 Å². The summed E-state index contributed by atoms with van der Waals surface area (Å²) in [5, 5.41) is 10.0. The Balaban J connectivity index is 2.61. The molecule has 2 heteroatoms. The molecule has 1 N–H and O–H groups in total. The fourth-order valence-electron chi connectivity index (χ4n) is 2.42. The summed E-state index contributed by atoms with van der Waals surface area (Å²) >= 11 is 0. The molecule has 2 nitrogen and oxygen atoms in total. The van der Waals surface area contributed by atoms with Crippen LogP contribution in [0.4, 0.5) is 0 Å². The molecular formula is C16H20O2. The zero-order valence-electron chi connectivity index (χ0n) is 11.3. The monoisotopic (exact) mass is 244 g/mol. The van der Waals surface area contributed by atoms with E-state index in [-0.39, 0.29) is 5.92 Å². The molecule has 0 atom stereocenters. The molecule has 0 aromatic heterocycles. The van der Waals surface area contributed by atoms with Crippen molar-refractivity contribution in [2.75, 3.05) is 0 Å². The molecule has 1 heterocycles. The highest BCUT2D eigenvalue weighted by molar-refractivity contribution is 5.77. The third kappa shape index (κ3) is 2.15. The summed E-state index contributed by atoms with van der Waals surface area (Å²) in [6.45, 7) is 10.2. The van der Waals surface area contributed by atoms with Gasteiger partial charge in [-0.3, -0.25) is 0 Å². The maximum absolute atomic E-state index is 10.0. The largest absolute Gasteiger partial charge is 0.508 e. The second-order valence-corrected chi connectivity index (χ2v) is 5.02. The van der Waals surface area contributed by atoms with Crippen molar-refractivity contribution in [2.24, 2.45) is 0 Å². The molecule has 0 fully saturated rings. The van der Waals surface area contributed by atoms with Crippen molar-refractivity contribution in [2.45, 2.75) is 39.5 Å². The summed E-state index contributed by atoms with van der Waals surface area (Å²) in [4.78, 5) is 0. The van der Waals surface area contributed by atoms with Crippen molar-refractivity contribution in [3.8, 4) is 11.5 Å². The average Bonchev–Trinajstić information content (AvgIpc) is 2.27. The second-order valence-electron chi connectivity index (χ2n) is 5.02. The van der Waals surface area contributed by atoms with Gasteiger partial charge in [0.2, 0.25) is 0 Å². The lowest BCUT2D eigenvalue weighted by Crippen LogP contribution is -2.06. The molecule has 96 valence electrons. The van der Waals surface area contributed by atoms with Crippen LogP contribution >= 0.6 is 0 Å². The minimum atomic E-state index is 0.216. The van der Waals surface area contributed by atoms with Gasteiger partial charge >= 0.3 is 0 Å². The van der Waals surface area contributed by atoms with E-state index in [1.54, 1.807) is 6.07 Å². The molecule has 1 aromatic rings. The topological polar surface area (TPSA) is 29.5 Å². The van der Waals surface area contributed by atoms with Gasteiger partial charge in [-0.2, -0.15) is 0 Å². The van der Waals surface area contributed by atoms with Crippen LogP contribution < -0.4 is 4.74 Å². The summed E-state index contributed by atoms with van der Waals surface area (Å²) < 4.78 is 5.75. The Kier molecular flexibility index (Phi) is 3.46. The highest BCUT2D eigenvalue weighted by atomic mass is 16.5. The smallest absolute Gasteiger partial charge is 0.142 e. The fraction of sp³-hybridized carbons (Fsp3) is 0.375. The minimum Gasteiger partial charge on any atom is -0.508 e. The van der Waals surface area contributed by atoms with Crippen LogP contribution in [0.15, 0.2) is 30.5 Å². The Morgan fingerprint density at radius 1 is 1.33 bits per heavy atom. The van der Waals surface area contributed by atoms with E-state index in [1.807, 2.05) is 12.1 Å². The Hall–Kier alpha value is -1.70. The number of hydrogen-bond donors (Lipinski definition) is 1. The third-order valence-corrected chi connectivity index (χ3v) is 3.18. The molecule has 18 heavy (non-hydrogen) atoms. The van der Waals surface area contributed by atoms with Crippen LogP contribution in [-0.4, -0.2) is 5.11 Å². The standard InChI is InChI=1S/C16H20O2/c1-5-6-12-9-11(4)18-16-13(12)7-8-14(17)15(16)10(2)3/h7-10,17H,4-6H2,1-3H3. The number of phenols is 1. The van der Waals surface area contributed by atoms with Crippen molar-refractivity contribution in [3.63, 3.8) is 0 Å². The first-order valence-electron chi connectivity index (χ1n) is 6.48. The second kappa shape index (κ2) is 4.89. The molecule has 1 aromatic carbocycles. The third-order valence-electron chi connectivity index (χ3n) is 3.18. The van der Waals surface area contributed by atoms with Crippen LogP contribution in [0.5, 0.6) is 11.5 Å². The lowest BCUT2D eigenvalue weighted by molar-refractivity contribution is 0.415. The summed E-state index contributed by atoms with van der Waals surface area (Å²) in [6, 6.07) is 3.69. The van der Waals surface area contributed by atoms with Gasteiger partial charge in [0, 0.05) is 11.1 Å². The SMILES string of the molecule is C=C1C=C(CCC)c2ccc(O)c(C(C)C)c2O1. The van der Waals surface area contributed by atoms with Crippen LogP contribution in [0, 0.1) is 0 Å². The molecule has 0 aliphatic carbocycles. The van der Waals surface area contributed by atoms with Crippen molar-refractivity contribution in [3.05, 3.63) is 41.7 Å². The van der Waals surface area contributed by atoms with E-state index in [4.69, 9.17) is 4.74 Å². The minimum absolute atomic E-state index is 0.216. The summed E-state index contributed by atoms with van der Waals surface area (Å²) in [6.07, 6.45) is 4.07. The quantitative estimate of drug-likeness (QED) is 0.841. The first-order valence-corrected chi connectivity index (χ1v) is 6.48. The normalized spacial score (nSPS) is 14.2. The first kappa shape index (κ1) is 12.7. The number of hydrogen-bond acceptors (Lipinski definition) is 2. The Morgan fingerprint density at radius 3 is 2.67 bits per heavy atom. The zero-order chi connectivity index (χ0) is 13.3. The number of fused-ring (bicyclic) bond motifs is 1. The summed E-state index contributed by atoms with van der Waals surface area (Å²) in [5.74, 6) is 1.95. The lowest BCUT2D eigenvalue weighted by atomic mass is 9.91. The predicted octanol–water partition coefficient (Wildman–Crippen LogP) is 4.61. The molecule has 0 saturated carbocycles. The number of benzene rings is 1. The molecule has 0 saturated heterocycles. The highest BCUT2D eigenvalue weighted by Gasteiger charge is 2.23. The van der Waals surface area contributed by atoms with Gasteiger partial charge in [0.05, 0.1) is 0 Å². The van der Waals surface area contributed by atoms with Crippen LogP contribution in [0.3, 0.4) is 0 Å². The highest BCUT2D eigenvalue weighted by Crippen LogP contribution is 2.44. The van der Waals surface area contributed by atoms with Gasteiger partial charge in [-0.25, -0.2) is 0 Å². The molecule has 0 bridgehead atoms. The Morgan fingerprint density at radius 2 is 2.06 bits per heavy atom. The van der Waals surface area contributed by atoms with Gasteiger partial charge in [-0.05, 0) is 36.1 Å². The van der Waals surface area contributed by atoms with E-state index in [9.17, 15) is 5.11 Å². The summed E-state index contributed by atoms with van der Waals surface area (Å²) in [7, 11) is 0. The fourth-order valence-corrected chi connectivity index (χ4v) is 2.42. The van der Waals surface area contributed by atoms with E-state index in [1.165, 1.54) is 5.57 Å². The van der Waals surface area contributed by atoms with Crippen molar-refractivity contribution in [1.29, 1.82) is 0 Å². The lowest BCUT2D eigenvalue weighted by Gasteiger charge is -2.24. The number of ether oxygens (including phenoxy) is 1. The zero-order valence-corrected chi connectivity index (χ0v) is 11.3.